The zero-order valence-electron chi connectivity index (χ0n) is 17.5. The van der Waals surface area contributed by atoms with Gasteiger partial charge in [-0.1, -0.05) is 43.3 Å². The lowest BCUT2D eigenvalue weighted by Crippen LogP contribution is -2.09. The topological polar surface area (TPSA) is 113 Å². The molecule has 31 heavy (non-hydrogen) atoms. The smallest absolute Gasteiger partial charge is 0.270 e. The molecule has 2 heterocycles. The lowest BCUT2D eigenvalue weighted by molar-refractivity contribution is -0.384. The average Bonchev–Trinajstić information content (AvgIpc) is 3.19. The fourth-order valence-corrected chi connectivity index (χ4v) is 3.74. The van der Waals surface area contributed by atoms with E-state index in [-0.39, 0.29) is 11.6 Å². The van der Waals surface area contributed by atoms with Crippen LogP contribution in [0.3, 0.4) is 0 Å². The fraction of sp³-hybridized carbons (Fsp3) is 0.174. The second kappa shape index (κ2) is 7.98. The Morgan fingerprint density at radius 2 is 1.81 bits per heavy atom. The first kappa shape index (κ1) is 20.2. The SMILES string of the molecule is Cc1nc(N)c([C@H](C)c2cccc(-c3cnn(C)c3)c2)c(-c2cccc([N+](=O)[O-])c2)n1. The highest BCUT2D eigenvalue weighted by molar-refractivity contribution is 5.72. The summed E-state index contributed by atoms with van der Waals surface area (Å²) in [4.78, 5) is 19.8. The third kappa shape index (κ3) is 4.00. The van der Waals surface area contributed by atoms with E-state index in [0.717, 1.165) is 22.3 Å². The van der Waals surface area contributed by atoms with Crippen LogP contribution in [0.4, 0.5) is 11.5 Å². The van der Waals surface area contributed by atoms with Gasteiger partial charge in [-0.15, -0.1) is 0 Å². The highest BCUT2D eigenvalue weighted by atomic mass is 16.6. The summed E-state index contributed by atoms with van der Waals surface area (Å²) in [5.41, 5.74) is 11.4. The predicted octanol–water partition coefficient (Wildman–Crippen LogP) is 4.49. The molecule has 2 aromatic heterocycles. The highest BCUT2D eigenvalue weighted by Gasteiger charge is 2.22. The number of nitrogens with zero attached hydrogens (tertiary/aromatic N) is 5. The lowest BCUT2D eigenvalue weighted by Gasteiger charge is -2.19. The molecule has 1 atom stereocenters. The van der Waals surface area contributed by atoms with Crippen molar-refractivity contribution in [2.45, 2.75) is 19.8 Å². The maximum Gasteiger partial charge on any atom is 0.270 e. The summed E-state index contributed by atoms with van der Waals surface area (Å²) in [5, 5.41) is 15.5. The maximum atomic E-state index is 11.3. The molecule has 2 N–H and O–H groups in total. The van der Waals surface area contributed by atoms with Crippen LogP contribution in [-0.4, -0.2) is 24.7 Å². The van der Waals surface area contributed by atoms with E-state index in [1.807, 2.05) is 44.6 Å². The minimum absolute atomic E-state index is 0.00418. The number of benzene rings is 2. The Kier molecular flexibility index (Phi) is 5.21. The molecule has 0 unspecified atom stereocenters. The average molecular weight is 414 g/mol. The van der Waals surface area contributed by atoms with E-state index in [9.17, 15) is 10.1 Å². The second-order valence-electron chi connectivity index (χ2n) is 7.48. The molecule has 0 saturated heterocycles. The summed E-state index contributed by atoms with van der Waals surface area (Å²) in [6.07, 6.45) is 3.78. The number of nitro benzene ring substituents is 1. The minimum Gasteiger partial charge on any atom is -0.383 e. The van der Waals surface area contributed by atoms with Gasteiger partial charge >= 0.3 is 0 Å². The van der Waals surface area contributed by atoms with Gasteiger partial charge < -0.3 is 5.73 Å². The number of anilines is 1. The summed E-state index contributed by atoms with van der Waals surface area (Å²) < 4.78 is 1.76. The standard InChI is InChI=1S/C23H22N6O2/c1-14(16-6-4-7-17(10-16)19-12-25-28(3)13-19)21-22(26-15(2)27-23(21)24)18-8-5-9-20(11-18)29(30)31/h4-14H,1-3H3,(H2,24,26,27)/t14-/m1/s1. The van der Waals surface area contributed by atoms with Gasteiger partial charge in [0.05, 0.1) is 16.8 Å². The molecule has 0 bridgehead atoms. The summed E-state index contributed by atoms with van der Waals surface area (Å²) >= 11 is 0. The van der Waals surface area contributed by atoms with E-state index < -0.39 is 4.92 Å². The second-order valence-corrected chi connectivity index (χ2v) is 7.48. The van der Waals surface area contributed by atoms with E-state index in [1.54, 1.807) is 23.7 Å². The van der Waals surface area contributed by atoms with E-state index >= 15 is 0 Å². The van der Waals surface area contributed by atoms with Crippen LogP contribution in [0.2, 0.25) is 0 Å². The molecule has 0 saturated carbocycles. The molecule has 8 heteroatoms. The van der Waals surface area contributed by atoms with Crippen molar-refractivity contribution in [2.75, 3.05) is 5.73 Å². The highest BCUT2D eigenvalue weighted by Crippen LogP contribution is 2.37. The van der Waals surface area contributed by atoms with Crippen LogP contribution in [-0.2, 0) is 7.05 Å². The van der Waals surface area contributed by atoms with Crippen molar-refractivity contribution in [3.05, 3.63) is 88.0 Å². The van der Waals surface area contributed by atoms with Gasteiger partial charge in [-0.3, -0.25) is 14.8 Å². The molecule has 156 valence electrons. The van der Waals surface area contributed by atoms with Gasteiger partial charge in [0.15, 0.2) is 0 Å². The maximum absolute atomic E-state index is 11.3. The Bertz CT molecular complexity index is 1280. The predicted molar refractivity (Wildman–Crippen MR) is 119 cm³/mol. The van der Waals surface area contributed by atoms with Gasteiger partial charge in [-0.05, 0) is 18.1 Å². The molecule has 4 aromatic rings. The molecule has 4 rings (SSSR count). The van der Waals surface area contributed by atoms with Gasteiger partial charge in [0.25, 0.3) is 5.69 Å². The lowest BCUT2D eigenvalue weighted by atomic mass is 9.88. The Balaban J connectivity index is 1.83. The van der Waals surface area contributed by atoms with Crippen LogP contribution < -0.4 is 5.73 Å². The van der Waals surface area contributed by atoms with Crippen LogP contribution in [0.15, 0.2) is 60.9 Å². The van der Waals surface area contributed by atoms with Crippen molar-refractivity contribution in [2.24, 2.45) is 7.05 Å². The van der Waals surface area contributed by atoms with Gasteiger partial charge in [-0.2, -0.15) is 5.10 Å². The first-order valence-electron chi connectivity index (χ1n) is 9.81. The minimum atomic E-state index is -0.415. The zero-order chi connectivity index (χ0) is 22.1. The first-order valence-corrected chi connectivity index (χ1v) is 9.81. The summed E-state index contributed by atoms with van der Waals surface area (Å²) in [5.74, 6) is 0.749. The molecule has 0 aliphatic rings. The number of nitrogens with two attached hydrogens (primary N) is 1. The molecule has 0 amide bonds. The molecule has 0 spiro atoms. The molecule has 0 fully saturated rings. The van der Waals surface area contributed by atoms with Crippen LogP contribution >= 0.6 is 0 Å². The molecular formula is C23H22N6O2. The van der Waals surface area contributed by atoms with Crippen LogP contribution in [0.5, 0.6) is 0 Å². The molecule has 0 aliphatic heterocycles. The van der Waals surface area contributed by atoms with Crippen molar-refractivity contribution < 1.29 is 4.92 Å². The Morgan fingerprint density at radius 3 is 2.52 bits per heavy atom. The van der Waals surface area contributed by atoms with E-state index in [1.165, 1.54) is 12.1 Å². The molecule has 0 aliphatic carbocycles. The summed E-state index contributed by atoms with van der Waals surface area (Å²) in [6, 6.07) is 14.6. The van der Waals surface area contributed by atoms with Gasteiger partial charge in [0.1, 0.15) is 11.6 Å². The first-order chi connectivity index (χ1) is 14.8. The molecular weight excluding hydrogens is 392 g/mol. The third-order valence-electron chi connectivity index (χ3n) is 5.28. The number of non-ortho nitro benzene ring substituents is 1. The zero-order valence-corrected chi connectivity index (χ0v) is 17.5. The Morgan fingerprint density at radius 1 is 1.06 bits per heavy atom. The number of aryl methyl sites for hydroxylation is 2. The number of aromatic nitrogens is 4. The van der Waals surface area contributed by atoms with Crippen LogP contribution in [0.1, 0.15) is 29.8 Å². The van der Waals surface area contributed by atoms with Crippen molar-refractivity contribution in [3.8, 4) is 22.4 Å². The molecule has 2 aromatic carbocycles. The van der Waals surface area contributed by atoms with E-state index in [2.05, 4.69) is 21.1 Å². The van der Waals surface area contributed by atoms with E-state index in [4.69, 9.17) is 5.73 Å². The van der Waals surface area contributed by atoms with Gasteiger partial charge in [0.2, 0.25) is 0 Å². The molecule has 8 nitrogen and oxygen atoms in total. The number of hydrogen-bond acceptors (Lipinski definition) is 6. The quantitative estimate of drug-likeness (QED) is 0.380. The van der Waals surface area contributed by atoms with Crippen molar-refractivity contribution >= 4 is 11.5 Å². The number of rotatable bonds is 5. The monoisotopic (exact) mass is 414 g/mol. The van der Waals surface area contributed by atoms with Crippen LogP contribution in [0, 0.1) is 17.0 Å². The van der Waals surface area contributed by atoms with Crippen molar-refractivity contribution in [1.29, 1.82) is 0 Å². The van der Waals surface area contributed by atoms with Gasteiger partial charge in [0, 0.05) is 48.0 Å². The number of hydrogen-bond donors (Lipinski definition) is 1. The van der Waals surface area contributed by atoms with Crippen molar-refractivity contribution in [3.63, 3.8) is 0 Å². The Labute approximate surface area is 179 Å². The van der Waals surface area contributed by atoms with E-state index in [0.29, 0.717) is 22.9 Å². The third-order valence-corrected chi connectivity index (χ3v) is 5.28. The number of nitro groups is 1. The fourth-order valence-electron chi connectivity index (χ4n) is 3.74. The van der Waals surface area contributed by atoms with Gasteiger partial charge in [-0.25, -0.2) is 9.97 Å². The summed E-state index contributed by atoms with van der Waals surface area (Å²) in [7, 11) is 1.88. The summed E-state index contributed by atoms with van der Waals surface area (Å²) in [6.45, 7) is 3.79. The number of nitrogen functional groups attached to an aromatic ring is 1. The van der Waals surface area contributed by atoms with Crippen LogP contribution in [0.25, 0.3) is 22.4 Å². The largest absolute Gasteiger partial charge is 0.383 e. The molecule has 0 radical (unpaired) electrons. The van der Waals surface area contributed by atoms with Crippen molar-refractivity contribution in [1.82, 2.24) is 19.7 Å². The Hall–Kier alpha value is -4.07. The normalized spacial score (nSPS) is 12.0.